The molecule has 12 heteroatoms. The molecule has 0 fully saturated rings. The largest absolute Gasteiger partial charge is 0.508 e. The number of hydrogen-bond donors (Lipinski definition) is 6. The van der Waals surface area contributed by atoms with Crippen molar-refractivity contribution in [2.24, 2.45) is 5.50 Å². The first-order chi connectivity index (χ1) is 11.2. The SMILES string of the molecule is NP(O)O.O=[PH](O)O.O=c1ccc2nc3ccc(O)cc3oc-2c1. The van der Waals surface area contributed by atoms with Crippen LogP contribution in [0.25, 0.3) is 22.6 Å². The maximum atomic E-state index is 11.1. The number of phenolic OH excluding ortho intramolecular Hbond substituents is 1. The Hall–Kier alpha value is -1.90. The number of benzene rings is 2. The summed E-state index contributed by atoms with van der Waals surface area (Å²) in [7, 11) is -5.25. The van der Waals surface area contributed by atoms with Gasteiger partial charge < -0.3 is 29.1 Å². The van der Waals surface area contributed by atoms with E-state index in [9.17, 15) is 9.90 Å². The summed E-state index contributed by atoms with van der Waals surface area (Å²) in [5.74, 6) is 0.529. The van der Waals surface area contributed by atoms with Gasteiger partial charge in [0, 0.05) is 12.1 Å². The van der Waals surface area contributed by atoms with Gasteiger partial charge in [-0.1, -0.05) is 0 Å². The van der Waals surface area contributed by atoms with Crippen LogP contribution in [-0.2, 0) is 4.57 Å². The fourth-order valence-electron chi connectivity index (χ4n) is 1.59. The van der Waals surface area contributed by atoms with Gasteiger partial charge in [-0.25, -0.2) is 4.98 Å². The third kappa shape index (κ3) is 7.12. The number of phenols is 1. The maximum absolute atomic E-state index is 11.1. The van der Waals surface area contributed by atoms with E-state index in [1.54, 1.807) is 18.2 Å². The van der Waals surface area contributed by atoms with E-state index in [1.807, 2.05) is 0 Å². The molecule has 1 aromatic carbocycles. The maximum Gasteiger partial charge on any atom is 0.314 e. The third-order valence-corrected chi connectivity index (χ3v) is 2.34. The minimum atomic E-state index is -3.13. The lowest BCUT2D eigenvalue weighted by molar-refractivity contribution is 0.405. The van der Waals surface area contributed by atoms with E-state index in [1.165, 1.54) is 18.2 Å². The first kappa shape index (κ1) is 20.1. The zero-order valence-corrected chi connectivity index (χ0v) is 13.8. The lowest BCUT2D eigenvalue weighted by Crippen LogP contribution is -1.99. The number of hydrogen-bond acceptors (Lipinski definition) is 8. The van der Waals surface area contributed by atoms with Crippen LogP contribution in [0.5, 0.6) is 5.75 Å². The van der Waals surface area contributed by atoms with Crippen LogP contribution in [0.2, 0.25) is 0 Å². The molecule has 2 aliphatic rings. The molecule has 3 rings (SSSR count). The molecule has 0 atom stereocenters. The number of fused-ring (bicyclic) bond motifs is 2. The molecule has 0 aromatic heterocycles. The van der Waals surface area contributed by atoms with Gasteiger partial charge in [-0.2, -0.15) is 0 Å². The van der Waals surface area contributed by atoms with E-state index in [0.29, 0.717) is 22.6 Å². The van der Waals surface area contributed by atoms with E-state index in [4.69, 9.17) is 28.6 Å². The van der Waals surface area contributed by atoms with Crippen LogP contribution in [0.3, 0.4) is 0 Å². The van der Waals surface area contributed by atoms with E-state index < -0.39 is 16.8 Å². The minimum absolute atomic E-state index is 0.107. The van der Waals surface area contributed by atoms with Crippen LogP contribution in [0, 0.1) is 0 Å². The molecule has 1 aliphatic heterocycles. The Morgan fingerprint density at radius 2 is 1.71 bits per heavy atom. The van der Waals surface area contributed by atoms with Gasteiger partial charge in [0.05, 0.1) is 0 Å². The topological polar surface area (TPSA) is 187 Å². The van der Waals surface area contributed by atoms with Gasteiger partial charge >= 0.3 is 8.25 Å². The van der Waals surface area contributed by atoms with Gasteiger partial charge in [-0.15, -0.1) is 0 Å². The minimum Gasteiger partial charge on any atom is -0.508 e. The summed E-state index contributed by atoms with van der Waals surface area (Å²) in [5, 5.41) is 9.31. The normalized spacial score (nSPS) is 10.3. The van der Waals surface area contributed by atoms with Gasteiger partial charge in [-0.05, 0) is 24.3 Å². The molecule has 1 aromatic rings. The summed E-state index contributed by atoms with van der Waals surface area (Å²) < 4.78 is 14.2. The lowest BCUT2D eigenvalue weighted by atomic mass is 10.2. The van der Waals surface area contributed by atoms with E-state index in [2.05, 4.69) is 10.5 Å². The van der Waals surface area contributed by atoms with Crippen molar-refractivity contribution in [2.75, 3.05) is 0 Å². The molecule has 10 nitrogen and oxygen atoms in total. The Morgan fingerprint density at radius 1 is 1.12 bits per heavy atom. The highest BCUT2D eigenvalue weighted by Gasteiger charge is 2.09. The molecule has 0 radical (unpaired) electrons. The van der Waals surface area contributed by atoms with Crippen molar-refractivity contribution in [1.82, 2.24) is 4.98 Å². The number of aromatic hydroxyl groups is 1. The number of nitrogens with zero attached hydrogens (tertiary/aromatic N) is 1. The van der Waals surface area contributed by atoms with Crippen LogP contribution in [0.1, 0.15) is 0 Å². The summed E-state index contributed by atoms with van der Waals surface area (Å²) >= 11 is 0. The molecule has 0 saturated heterocycles. The molecule has 0 spiro atoms. The molecular weight excluding hydrogens is 362 g/mol. The first-order valence-electron chi connectivity index (χ1n) is 6.07. The van der Waals surface area contributed by atoms with Crippen molar-refractivity contribution in [3.05, 3.63) is 46.6 Å². The van der Waals surface area contributed by atoms with Crippen molar-refractivity contribution in [3.63, 3.8) is 0 Å². The molecule has 7 N–H and O–H groups in total. The number of aromatic nitrogens is 1. The van der Waals surface area contributed by atoms with Gasteiger partial charge in [-0.3, -0.25) is 14.9 Å². The fraction of sp³-hybridized carbons (Fsp3) is 0. The molecular formula is C12H14N2O8P2. The number of nitrogens with two attached hydrogens (primary N) is 1. The molecule has 24 heavy (non-hydrogen) atoms. The quantitative estimate of drug-likeness (QED) is 0.238. The predicted molar refractivity (Wildman–Crippen MR) is 87.5 cm³/mol. The van der Waals surface area contributed by atoms with Crippen LogP contribution in [-0.4, -0.2) is 29.7 Å². The average molecular weight is 376 g/mol. The Labute approximate surface area is 136 Å². The second-order valence-electron chi connectivity index (χ2n) is 4.10. The molecule has 0 saturated carbocycles. The molecule has 0 unspecified atom stereocenters. The molecule has 1 heterocycles. The highest BCUT2D eigenvalue weighted by atomic mass is 31.2. The highest BCUT2D eigenvalue weighted by Crippen LogP contribution is 2.25. The van der Waals surface area contributed by atoms with E-state index in [-0.39, 0.29) is 11.2 Å². The third-order valence-electron chi connectivity index (χ3n) is 2.34. The molecule has 0 amide bonds. The van der Waals surface area contributed by atoms with Crippen molar-refractivity contribution < 1.29 is 33.7 Å². The monoisotopic (exact) mass is 376 g/mol. The van der Waals surface area contributed by atoms with Crippen molar-refractivity contribution in [1.29, 1.82) is 0 Å². The van der Waals surface area contributed by atoms with E-state index >= 15 is 0 Å². The summed E-state index contributed by atoms with van der Waals surface area (Å²) in [5.41, 5.74) is 5.88. The molecule has 1 aliphatic carbocycles. The van der Waals surface area contributed by atoms with Crippen LogP contribution >= 0.6 is 16.8 Å². The summed E-state index contributed by atoms with van der Waals surface area (Å²) in [4.78, 5) is 44.7. The lowest BCUT2D eigenvalue weighted by Gasteiger charge is -2.05. The van der Waals surface area contributed by atoms with Gasteiger partial charge in [0.15, 0.2) is 16.8 Å². The Kier molecular flexibility index (Phi) is 7.90. The van der Waals surface area contributed by atoms with Crippen LogP contribution in [0.15, 0.2) is 45.6 Å². The van der Waals surface area contributed by atoms with Crippen molar-refractivity contribution in [3.8, 4) is 17.2 Å². The first-order valence-corrected chi connectivity index (χ1v) is 8.69. The summed E-state index contributed by atoms with van der Waals surface area (Å²) in [6.07, 6.45) is 0. The molecule has 130 valence electrons. The standard InChI is InChI=1S/C12H7NO3.H4NO2P.H3O3P/c14-7-1-3-9-11(5-7)16-12-6-8(15)2-4-10(12)13-9;2*1-4(2)3/h1-6,14H;2-3H,1H2;4H,(H2,1,2,3). The van der Waals surface area contributed by atoms with Crippen LogP contribution in [0.4, 0.5) is 0 Å². The predicted octanol–water partition coefficient (Wildman–Crippen LogP) is 0.516. The Morgan fingerprint density at radius 3 is 2.29 bits per heavy atom. The highest BCUT2D eigenvalue weighted by molar-refractivity contribution is 7.42. The fourth-order valence-corrected chi connectivity index (χ4v) is 1.59. The zero-order chi connectivity index (χ0) is 18.3. The zero-order valence-electron chi connectivity index (χ0n) is 11.9. The number of rotatable bonds is 0. The molecule has 0 bridgehead atoms. The van der Waals surface area contributed by atoms with E-state index in [0.717, 1.165) is 0 Å². The second kappa shape index (κ2) is 9.41. The summed E-state index contributed by atoms with van der Waals surface area (Å²) in [6.45, 7) is 0. The van der Waals surface area contributed by atoms with Gasteiger partial charge in [0.2, 0.25) is 8.53 Å². The Balaban J connectivity index is 0.000000306. The van der Waals surface area contributed by atoms with Gasteiger partial charge in [0.25, 0.3) is 0 Å². The average Bonchev–Trinajstić information content (AvgIpc) is 2.44. The van der Waals surface area contributed by atoms with Crippen molar-refractivity contribution >= 4 is 27.9 Å². The smallest absolute Gasteiger partial charge is 0.314 e. The Bertz CT molecular complexity index is 847. The van der Waals surface area contributed by atoms with Crippen molar-refractivity contribution in [2.45, 2.75) is 0 Å². The second-order valence-corrected chi connectivity index (χ2v) is 5.30. The van der Waals surface area contributed by atoms with Crippen LogP contribution < -0.4 is 10.9 Å². The summed E-state index contributed by atoms with van der Waals surface area (Å²) in [6, 6.07) is 9.12. The van der Waals surface area contributed by atoms with Gasteiger partial charge in [0.1, 0.15) is 17.0 Å².